The highest BCUT2D eigenvalue weighted by Gasteiger charge is 2.25. The Balaban J connectivity index is 1.35. The van der Waals surface area contributed by atoms with Crippen LogP contribution in [0.25, 0.3) is 22.2 Å². The van der Waals surface area contributed by atoms with Gasteiger partial charge in [0.15, 0.2) is 5.82 Å². The van der Waals surface area contributed by atoms with Gasteiger partial charge in [-0.05, 0) is 72.4 Å². The summed E-state index contributed by atoms with van der Waals surface area (Å²) in [4.78, 5) is 21.7. The number of fused-ring (bicyclic) bond motifs is 3. The van der Waals surface area contributed by atoms with Gasteiger partial charge in [0.2, 0.25) is 5.95 Å². The maximum Gasteiger partial charge on any atom is 0.439 e. The third kappa shape index (κ3) is 4.10. The molecule has 0 unspecified atom stereocenters. The van der Waals surface area contributed by atoms with E-state index in [4.69, 9.17) is 14.2 Å². The maximum absolute atomic E-state index is 14.2. The Morgan fingerprint density at radius 2 is 1.87 bits per heavy atom. The molecule has 4 heterocycles. The van der Waals surface area contributed by atoms with E-state index in [1.165, 1.54) is 25.0 Å². The average molecular weight is 524 g/mol. The van der Waals surface area contributed by atoms with Gasteiger partial charge in [0.25, 0.3) is 0 Å². The minimum absolute atomic E-state index is 0.273. The number of H-pyrrole nitrogens is 1. The summed E-state index contributed by atoms with van der Waals surface area (Å²) in [5.41, 5.74) is 7.30. The molecule has 2 aromatic heterocycles. The van der Waals surface area contributed by atoms with Gasteiger partial charge in [-0.1, -0.05) is 29.4 Å². The lowest BCUT2D eigenvalue weighted by atomic mass is 9.89. The first-order valence-electron chi connectivity index (χ1n) is 13.1. The quantitative estimate of drug-likeness (QED) is 0.341. The molecule has 3 aromatic carbocycles. The Kier molecular flexibility index (Phi) is 5.57. The highest BCUT2D eigenvalue weighted by atomic mass is 19.1. The van der Waals surface area contributed by atoms with Crippen LogP contribution < -0.4 is 15.4 Å². The summed E-state index contributed by atoms with van der Waals surface area (Å²) >= 11 is 0. The largest absolute Gasteiger partial charge is 0.488 e. The smallest absolute Gasteiger partial charge is 0.439 e. The number of allylic oxidation sites excluding steroid dienone is 1. The van der Waals surface area contributed by atoms with Crippen LogP contribution >= 0.6 is 0 Å². The third-order valence-electron chi connectivity index (χ3n) is 7.57. The molecule has 0 radical (unpaired) electrons. The van der Waals surface area contributed by atoms with Gasteiger partial charge in [0.05, 0.1) is 17.6 Å². The monoisotopic (exact) mass is 523 g/mol. The van der Waals surface area contributed by atoms with Crippen molar-refractivity contribution in [1.82, 2.24) is 19.7 Å². The molecule has 1 fully saturated rings. The van der Waals surface area contributed by atoms with E-state index in [1.807, 2.05) is 19.1 Å². The summed E-state index contributed by atoms with van der Waals surface area (Å²) in [6.07, 6.45) is 2.34. The van der Waals surface area contributed by atoms with E-state index >= 15 is 0 Å². The molecule has 2 aliphatic rings. The van der Waals surface area contributed by atoms with Crippen molar-refractivity contribution < 1.29 is 13.7 Å². The second-order valence-corrected chi connectivity index (χ2v) is 10.0. The zero-order valence-electron chi connectivity index (χ0n) is 21.4. The maximum atomic E-state index is 14.2. The molecule has 7 rings (SSSR count). The van der Waals surface area contributed by atoms with Crippen LogP contribution in [-0.4, -0.2) is 32.8 Å². The van der Waals surface area contributed by atoms with Gasteiger partial charge < -0.3 is 14.2 Å². The molecule has 8 nitrogen and oxygen atoms in total. The summed E-state index contributed by atoms with van der Waals surface area (Å²) in [5, 5.41) is 3.90. The number of ether oxygens (including phenoxy) is 1. The Bertz CT molecular complexity index is 1810. The predicted octanol–water partition coefficient (Wildman–Crippen LogP) is 5.37. The van der Waals surface area contributed by atoms with Crippen molar-refractivity contribution in [1.29, 1.82) is 0 Å². The zero-order chi connectivity index (χ0) is 26.5. The molecule has 0 saturated carbocycles. The van der Waals surface area contributed by atoms with Crippen LogP contribution in [0.2, 0.25) is 0 Å². The van der Waals surface area contributed by atoms with Crippen molar-refractivity contribution in [2.24, 2.45) is 0 Å². The normalized spacial score (nSPS) is 16.1. The van der Waals surface area contributed by atoms with Crippen LogP contribution in [0, 0.1) is 5.82 Å². The Labute approximate surface area is 223 Å². The number of anilines is 1. The van der Waals surface area contributed by atoms with Crippen molar-refractivity contribution in [3.63, 3.8) is 0 Å². The topological polar surface area (TPSA) is 89.2 Å². The first-order chi connectivity index (χ1) is 19.0. The lowest BCUT2D eigenvalue weighted by Gasteiger charge is -2.19. The number of hydrogen-bond acceptors (Lipinski definition) is 6. The average Bonchev–Trinajstić information content (AvgIpc) is 3.68. The molecule has 1 saturated heterocycles. The number of imidazole rings is 1. The Morgan fingerprint density at radius 3 is 2.69 bits per heavy atom. The van der Waals surface area contributed by atoms with E-state index < -0.39 is 5.76 Å². The number of nitrogens with one attached hydrogen (secondary N) is 1. The second kappa shape index (κ2) is 9.27. The van der Waals surface area contributed by atoms with Crippen LogP contribution in [0.5, 0.6) is 5.75 Å². The van der Waals surface area contributed by atoms with Crippen LogP contribution in [0.4, 0.5) is 10.3 Å². The van der Waals surface area contributed by atoms with E-state index in [1.54, 1.807) is 6.07 Å². The number of hydrogen-bond donors (Lipinski definition) is 1. The molecule has 39 heavy (non-hydrogen) atoms. The standard InChI is InChI=1S/C30H26FN5O3/c1-18(28-33-30(37)39-34-28)27-22-10-8-19(14-20(22)17-38-26-15-21(31)9-11-23(26)27)16-36-25-7-3-2-6-24(25)32-29(36)35-12-4-5-13-35/h2-3,6-11,14-15H,4-5,12-13,16-17H2,1H3,(H,33,34,37). The van der Waals surface area contributed by atoms with Crippen molar-refractivity contribution >= 4 is 28.1 Å². The Morgan fingerprint density at radius 1 is 1.05 bits per heavy atom. The van der Waals surface area contributed by atoms with Crippen LogP contribution in [-0.2, 0) is 13.2 Å². The summed E-state index contributed by atoms with van der Waals surface area (Å²) in [7, 11) is 0. The fourth-order valence-electron chi connectivity index (χ4n) is 5.71. The van der Waals surface area contributed by atoms with Gasteiger partial charge in [-0.15, -0.1) is 0 Å². The lowest BCUT2D eigenvalue weighted by molar-refractivity contribution is 0.305. The number of aromatic nitrogens is 4. The summed E-state index contributed by atoms with van der Waals surface area (Å²) in [5.74, 6) is 0.737. The van der Waals surface area contributed by atoms with Gasteiger partial charge in [0, 0.05) is 30.3 Å². The minimum atomic E-state index is -0.633. The predicted molar refractivity (Wildman–Crippen MR) is 146 cm³/mol. The summed E-state index contributed by atoms with van der Waals surface area (Å²) < 4.78 is 27.4. The van der Waals surface area contributed by atoms with E-state index in [9.17, 15) is 9.18 Å². The first kappa shape index (κ1) is 23.5. The zero-order valence-corrected chi connectivity index (χ0v) is 21.4. The van der Waals surface area contributed by atoms with Gasteiger partial charge >= 0.3 is 5.76 Å². The van der Waals surface area contributed by atoms with E-state index in [0.717, 1.165) is 57.9 Å². The number of aromatic amines is 1. The molecular formula is C30H26FN5O3. The van der Waals surface area contributed by atoms with E-state index in [2.05, 4.69) is 49.9 Å². The highest BCUT2D eigenvalue weighted by molar-refractivity contribution is 5.99. The molecule has 1 N–H and O–H groups in total. The SMILES string of the molecule is CC(=C1c2ccc(Cn3c(N4CCCC4)nc4ccccc43)cc2COc2cc(F)ccc21)c1noc(=O)[nH]1. The number of rotatable bonds is 4. The van der Waals surface area contributed by atoms with E-state index in [-0.39, 0.29) is 12.4 Å². The van der Waals surface area contributed by atoms with Gasteiger partial charge in [-0.3, -0.25) is 9.51 Å². The third-order valence-corrected chi connectivity index (χ3v) is 7.57. The fraction of sp³-hybridized carbons (Fsp3) is 0.233. The molecular weight excluding hydrogens is 497 g/mol. The molecule has 9 heteroatoms. The molecule has 5 aromatic rings. The second-order valence-electron chi connectivity index (χ2n) is 10.0. The van der Waals surface area contributed by atoms with Crippen LogP contribution in [0.1, 0.15) is 47.8 Å². The number of para-hydroxylation sites is 2. The van der Waals surface area contributed by atoms with Crippen molar-refractivity contribution in [2.75, 3.05) is 18.0 Å². The van der Waals surface area contributed by atoms with Gasteiger partial charge in [0.1, 0.15) is 18.2 Å². The first-order valence-corrected chi connectivity index (χ1v) is 13.1. The van der Waals surface area contributed by atoms with E-state index in [0.29, 0.717) is 23.7 Å². The lowest BCUT2D eigenvalue weighted by Crippen LogP contribution is -2.22. The van der Waals surface area contributed by atoms with Crippen molar-refractivity contribution in [3.8, 4) is 5.75 Å². The fourth-order valence-corrected chi connectivity index (χ4v) is 5.71. The summed E-state index contributed by atoms with van der Waals surface area (Å²) in [6.45, 7) is 4.80. The molecule has 0 atom stereocenters. The molecule has 0 spiro atoms. The Hall–Kier alpha value is -4.66. The molecule has 0 aliphatic carbocycles. The van der Waals surface area contributed by atoms with Crippen molar-refractivity contribution in [3.05, 3.63) is 105 Å². The number of halogens is 1. The van der Waals surface area contributed by atoms with Crippen molar-refractivity contribution in [2.45, 2.75) is 32.9 Å². The molecule has 196 valence electrons. The van der Waals surface area contributed by atoms with Gasteiger partial charge in [-0.25, -0.2) is 14.2 Å². The number of nitrogens with zero attached hydrogens (tertiary/aromatic N) is 4. The van der Waals surface area contributed by atoms with Crippen LogP contribution in [0.15, 0.2) is 70.0 Å². The highest BCUT2D eigenvalue weighted by Crippen LogP contribution is 2.41. The number of benzene rings is 3. The molecule has 2 aliphatic heterocycles. The minimum Gasteiger partial charge on any atom is -0.488 e. The summed E-state index contributed by atoms with van der Waals surface area (Å²) in [6, 6.07) is 19.0. The molecule has 0 amide bonds. The molecule has 0 bridgehead atoms. The van der Waals surface area contributed by atoms with Crippen LogP contribution in [0.3, 0.4) is 0 Å². The van der Waals surface area contributed by atoms with Gasteiger partial charge in [-0.2, -0.15) is 0 Å².